The second-order valence-electron chi connectivity index (χ2n) is 7.09. The zero-order chi connectivity index (χ0) is 20.3. The fraction of sp³-hybridized carbons (Fsp3) is 0.0800. The van der Waals surface area contributed by atoms with E-state index in [-0.39, 0.29) is 0 Å². The minimum Gasteiger partial charge on any atom is -0.497 e. The summed E-state index contributed by atoms with van der Waals surface area (Å²) in [6.07, 6.45) is 7.59. The lowest BCUT2D eigenvalue weighted by Crippen LogP contribution is -1.99. The molecule has 3 heterocycles. The SMILES string of the molecule is COc1ccc(Cn2cc(-c3cccnc3-c3ccc4cccnc4c3)cn2)cc1. The van der Waals surface area contributed by atoms with Crippen LogP contribution in [0.15, 0.2) is 91.5 Å². The summed E-state index contributed by atoms with van der Waals surface area (Å²) in [5, 5.41) is 5.68. The molecule has 30 heavy (non-hydrogen) atoms. The van der Waals surface area contributed by atoms with E-state index >= 15 is 0 Å². The number of rotatable bonds is 5. The topological polar surface area (TPSA) is 52.8 Å². The van der Waals surface area contributed by atoms with Gasteiger partial charge in [0.2, 0.25) is 0 Å². The van der Waals surface area contributed by atoms with Gasteiger partial charge in [0.05, 0.1) is 31.1 Å². The van der Waals surface area contributed by atoms with Crippen molar-refractivity contribution in [2.75, 3.05) is 7.11 Å². The number of pyridine rings is 2. The first-order valence-electron chi connectivity index (χ1n) is 9.76. The fourth-order valence-electron chi connectivity index (χ4n) is 3.59. The monoisotopic (exact) mass is 392 g/mol. The molecular formula is C25H20N4O. The van der Waals surface area contributed by atoms with Crippen LogP contribution in [0.5, 0.6) is 5.75 Å². The lowest BCUT2D eigenvalue weighted by molar-refractivity contribution is 0.414. The van der Waals surface area contributed by atoms with E-state index in [0.29, 0.717) is 6.54 Å². The lowest BCUT2D eigenvalue weighted by Gasteiger charge is -2.08. The molecule has 0 amide bonds. The van der Waals surface area contributed by atoms with Crippen LogP contribution >= 0.6 is 0 Å². The summed E-state index contributed by atoms with van der Waals surface area (Å²) in [5.41, 5.74) is 6.18. The fourth-order valence-corrected chi connectivity index (χ4v) is 3.59. The average Bonchev–Trinajstić information content (AvgIpc) is 3.27. The molecule has 0 atom stereocenters. The predicted octanol–water partition coefficient (Wildman–Crippen LogP) is 5.22. The first kappa shape index (κ1) is 18.1. The van der Waals surface area contributed by atoms with Crippen molar-refractivity contribution in [1.82, 2.24) is 19.7 Å². The molecule has 0 N–H and O–H groups in total. The van der Waals surface area contributed by atoms with Gasteiger partial charge in [-0.1, -0.05) is 36.4 Å². The number of hydrogen-bond acceptors (Lipinski definition) is 4. The molecule has 146 valence electrons. The van der Waals surface area contributed by atoms with E-state index in [4.69, 9.17) is 4.74 Å². The smallest absolute Gasteiger partial charge is 0.118 e. The second kappa shape index (κ2) is 7.79. The van der Waals surface area contributed by atoms with Crippen LogP contribution in [0.3, 0.4) is 0 Å². The van der Waals surface area contributed by atoms with Crippen LogP contribution in [0.25, 0.3) is 33.3 Å². The number of ether oxygens (including phenoxy) is 1. The van der Waals surface area contributed by atoms with E-state index in [1.54, 1.807) is 7.11 Å². The summed E-state index contributed by atoms with van der Waals surface area (Å²) in [5.74, 6) is 0.852. The third-order valence-corrected chi connectivity index (χ3v) is 5.13. The molecule has 0 aliphatic carbocycles. The summed E-state index contributed by atoms with van der Waals surface area (Å²) in [4.78, 5) is 9.15. The number of fused-ring (bicyclic) bond motifs is 1. The number of nitrogens with zero attached hydrogens (tertiary/aromatic N) is 4. The Morgan fingerprint density at radius 3 is 2.57 bits per heavy atom. The van der Waals surface area contributed by atoms with Crippen molar-refractivity contribution in [2.24, 2.45) is 0 Å². The van der Waals surface area contributed by atoms with Crippen LogP contribution in [0.1, 0.15) is 5.56 Å². The Balaban J connectivity index is 1.47. The number of aromatic nitrogens is 4. The van der Waals surface area contributed by atoms with Crippen LogP contribution in [0.4, 0.5) is 0 Å². The van der Waals surface area contributed by atoms with Crippen molar-refractivity contribution >= 4 is 10.9 Å². The minimum atomic E-state index is 0.694. The van der Waals surface area contributed by atoms with Crippen LogP contribution in [-0.2, 0) is 6.54 Å². The highest BCUT2D eigenvalue weighted by atomic mass is 16.5. The molecule has 0 aliphatic heterocycles. The molecule has 0 fully saturated rings. The van der Waals surface area contributed by atoms with Crippen molar-refractivity contribution in [3.63, 3.8) is 0 Å². The zero-order valence-corrected chi connectivity index (χ0v) is 16.6. The minimum absolute atomic E-state index is 0.694. The highest BCUT2D eigenvalue weighted by Crippen LogP contribution is 2.31. The van der Waals surface area contributed by atoms with E-state index in [2.05, 4.69) is 63.7 Å². The molecule has 5 nitrogen and oxygen atoms in total. The van der Waals surface area contributed by atoms with Gasteiger partial charge < -0.3 is 4.74 Å². The average molecular weight is 392 g/mol. The van der Waals surface area contributed by atoms with Crippen molar-refractivity contribution in [1.29, 1.82) is 0 Å². The van der Waals surface area contributed by atoms with Gasteiger partial charge in [0.1, 0.15) is 5.75 Å². The van der Waals surface area contributed by atoms with Crippen LogP contribution in [0.2, 0.25) is 0 Å². The molecule has 0 saturated carbocycles. The molecule has 0 saturated heterocycles. The van der Waals surface area contributed by atoms with Gasteiger partial charge in [-0.2, -0.15) is 5.10 Å². The van der Waals surface area contributed by atoms with Crippen molar-refractivity contribution in [2.45, 2.75) is 6.54 Å². The molecule has 3 aromatic heterocycles. The van der Waals surface area contributed by atoms with Crippen LogP contribution in [0, 0.1) is 0 Å². The molecule has 0 spiro atoms. The van der Waals surface area contributed by atoms with E-state index in [1.807, 2.05) is 47.5 Å². The Hall–Kier alpha value is -3.99. The van der Waals surface area contributed by atoms with Crippen molar-refractivity contribution in [3.05, 3.63) is 97.1 Å². The van der Waals surface area contributed by atoms with E-state index in [9.17, 15) is 0 Å². The number of hydrogen-bond donors (Lipinski definition) is 0. The van der Waals surface area contributed by atoms with Crippen molar-refractivity contribution < 1.29 is 4.74 Å². The molecule has 0 unspecified atom stereocenters. The lowest BCUT2D eigenvalue weighted by atomic mass is 10.0. The summed E-state index contributed by atoms with van der Waals surface area (Å²) < 4.78 is 7.17. The maximum absolute atomic E-state index is 5.23. The second-order valence-corrected chi connectivity index (χ2v) is 7.09. The van der Waals surface area contributed by atoms with E-state index in [1.165, 1.54) is 0 Å². The summed E-state index contributed by atoms with van der Waals surface area (Å²) in [7, 11) is 1.67. The Morgan fingerprint density at radius 1 is 0.867 bits per heavy atom. The van der Waals surface area contributed by atoms with Crippen LogP contribution in [-0.4, -0.2) is 26.9 Å². The molecular weight excluding hydrogens is 372 g/mol. The highest BCUT2D eigenvalue weighted by Gasteiger charge is 2.11. The van der Waals surface area contributed by atoms with Gasteiger partial charge in [-0.3, -0.25) is 14.6 Å². The summed E-state index contributed by atoms with van der Waals surface area (Å²) >= 11 is 0. The van der Waals surface area contributed by atoms with Crippen molar-refractivity contribution in [3.8, 4) is 28.1 Å². The highest BCUT2D eigenvalue weighted by molar-refractivity contribution is 5.87. The van der Waals surface area contributed by atoms with Gasteiger partial charge in [-0.05, 0) is 35.9 Å². The molecule has 5 rings (SSSR count). The number of methoxy groups -OCH3 is 1. The molecule has 0 radical (unpaired) electrons. The van der Waals surface area contributed by atoms with Gasteiger partial charge in [0.15, 0.2) is 0 Å². The zero-order valence-electron chi connectivity index (χ0n) is 16.6. The van der Waals surface area contributed by atoms with Gasteiger partial charge in [-0.15, -0.1) is 0 Å². The maximum Gasteiger partial charge on any atom is 0.118 e. The Kier molecular flexibility index (Phi) is 4.69. The Bertz CT molecular complexity index is 1310. The quantitative estimate of drug-likeness (QED) is 0.412. The predicted molar refractivity (Wildman–Crippen MR) is 118 cm³/mol. The Morgan fingerprint density at radius 2 is 1.70 bits per heavy atom. The first-order valence-corrected chi connectivity index (χ1v) is 9.76. The summed E-state index contributed by atoms with van der Waals surface area (Å²) in [6, 6.07) is 22.4. The third kappa shape index (κ3) is 3.53. The standard InChI is InChI=1S/C25H20N4O/c1-30-22-10-6-18(7-11-22)16-29-17-21(15-28-29)23-5-3-13-27-25(23)20-9-8-19-4-2-12-26-24(19)14-20/h2-15,17H,16H2,1H3. The largest absolute Gasteiger partial charge is 0.497 e. The number of benzene rings is 2. The van der Waals surface area contributed by atoms with Gasteiger partial charge in [0.25, 0.3) is 0 Å². The molecule has 5 aromatic rings. The molecule has 5 heteroatoms. The normalized spacial score (nSPS) is 11.0. The molecule has 0 bridgehead atoms. The Labute approximate surface area is 174 Å². The van der Waals surface area contributed by atoms with E-state index < -0.39 is 0 Å². The molecule has 0 aliphatic rings. The van der Waals surface area contributed by atoms with Gasteiger partial charge in [0, 0.05) is 40.7 Å². The third-order valence-electron chi connectivity index (χ3n) is 5.13. The van der Waals surface area contributed by atoms with E-state index in [0.717, 1.165) is 44.6 Å². The maximum atomic E-state index is 5.23. The van der Waals surface area contributed by atoms with Crippen LogP contribution < -0.4 is 4.74 Å². The van der Waals surface area contributed by atoms with Gasteiger partial charge >= 0.3 is 0 Å². The molecule has 2 aromatic carbocycles. The first-order chi connectivity index (χ1) is 14.8. The summed E-state index contributed by atoms with van der Waals surface area (Å²) in [6.45, 7) is 0.694. The van der Waals surface area contributed by atoms with Gasteiger partial charge in [-0.25, -0.2) is 0 Å².